The van der Waals surface area contributed by atoms with Crippen LogP contribution in [0.5, 0.6) is 0 Å². The van der Waals surface area contributed by atoms with Gasteiger partial charge in [0.2, 0.25) is 11.2 Å². The fraction of sp³-hybridized carbons (Fsp3) is 0.0909. The molecule has 0 unspecified atom stereocenters. The third-order valence-electron chi connectivity index (χ3n) is 5.23. The number of aromatic amines is 2. The number of hydrogen-bond acceptors (Lipinski definition) is 4. The number of benzene rings is 2. The molecular formula is C22H18N6O2. The van der Waals surface area contributed by atoms with E-state index < -0.39 is 0 Å². The van der Waals surface area contributed by atoms with E-state index in [1.165, 1.54) is 0 Å². The molecule has 8 heteroatoms. The Kier molecular flexibility index (Phi) is 3.99. The molecule has 4 aromatic rings. The van der Waals surface area contributed by atoms with E-state index in [4.69, 9.17) is 0 Å². The molecule has 0 atom stereocenters. The van der Waals surface area contributed by atoms with E-state index >= 15 is 0 Å². The molecule has 0 saturated carbocycles. The molecule has 6 rings (SSSR count). The fourth-order valence-corrected chi connectivity index (χ4v) is 3.58. The van der Waals surface area contributed by atoms with Crippen LogP contribution in [0.4, 0.5) is 11.4 Å². The molecule has 0 bridgehead atoms. The van der Waals surface area contributed by atoms with E-state index in [1.807, 2.05) is 48.5 Å². The van der Waals surface area contributed by atoms with E-state index in [0.717, 1.165) is 22.5 Å². The predicted octanol–water partition coefficient (Wildman–Crippen LogP) is -0.201. The Hall–Kier alpha value is -4.20. The summed E-state index contributed by atoms with van der Waals surface area (Å²) in [6, 6.07) is 15.7. The van der Waals surface area contributed by atoms with Crippen LogP contribution in [0.15, 0.2) is 68.1 Å². The summed E-state index contributed by atoms with van der Waals surface area (Å²) in [6.07, 6.45) is 0. The number of aromatic nitrogens is 4. The summed E-state index contributed by atoms with van der Waals surface area (Å²) in [5, 5.41) is 0.923. The maximum Gasteiger partial charge on any atom is 0.274 e. The lowest BCUT2D eigenvalue weighted by molar-refractivity contribution is 0.705. The molecule has 0 aliphatic carbocycles. The second-order valence-corrected chi connectivity index (χ2v) is 7.10. The lowest BCUT2D eigenvalue weighted by Crippen LogP contribution is -2.32. The number of para-hydroxylation sites is 2. The summed E-state index contributed by atoms with van der Waals surface area (Å²) >= 11 is 0. The van der Waals surface area contributed by atoms with Crippen LogP contribution in [-0.4, -0.2) is 19.1 Å². The predicted molar refractivity (Wildman–Crippen MR) is 113 cm³/mol. The lowest BCUT2D eigenvalue weighted by Gasteiger charge is -2.11. The topological polar surface area (TPSA) is 100 Å². The van der Waals surface area contributed by atoms with Crippen LogP contribution >= 0.6 is 0 Å². The van der Waals surface area contributed by atoms with Crippen molar-refractivity contribution >= 4 is 24.5 Å². The van der Waals surface area contributed by atoms with Crippen LogP contribution < -0.4 is 33.1 Å². The lowest BCUT2D eigenvalue weighted by atomic mass is 10.1. The van der Waals surface area contributed by atoms with Gasteiger partial charge in [-0.05, 0) is 23.3 Å². The van der Waals surface area contributed by atoms with Gasteiger partial charge in [0.05, 0.1) is 24.5 Å². The third kappa shape index (κ3) is 2.86. The molecule has 0 saturated heterocycles. The Morgan fingerprint density at radius 3 is 1.53 bits per heavy atom. The average molecular weight is 398 g/mol. The first-order chi connectivity index (χ1) is 14.5. The zero-order valence-corrected chi connectivity index (χ0v) is 16.1. The van der Waals surface area contributed by atoms with Crippen molar-refractivity contribution in [2.75, 3.05) is 0 Å². The van der Waals surface area contributed by atoms with E-state index in [9.17, 15) is 9.59 Å². The van der Waals surface area contributed by atoms with Gasteiger partial charge >= 0.3 is 0 Å². The van der Waals surface area contributed by atoms with Crippen molar-refractivity contribution in [1.29, 1.82) is 0 Å². The normalized spacial score (nSPS) is 12.8. The van der Waals surface area contributed by atoms with Crippen molar-refractivity contribution in [2.45, 2.75) is 13.1 Å². The van der Waals surface area contributed by atoms with Crippen LogP contribution in [0.3, 0.4) is 0 Å². The van der Waals surface area contributed by atoms with Gasteiger partial charge in [0.1, 0.15) is 10.7 Å². The average Bonchev–Trinajstić information content (AvgIpc) is 3.19. The van der Waals surface area contributed by atoms with Crippen molar-refractivity contribution in [2.24, 2.45) is 9.98 Å². The summed E-state index contributed by atoms with van der Waals surface area (Å²) in [7, 11) is 0. The van der Waals surface area contributed by atoms with Crippen molar-refractivity contribution in [3.05, 3.63) is 102 Å². The van der Waals surface area contributed by atoms with Crippen molar-refractivity contribution in [1.82, 2.24) is 19.1 Å². The number of rotatable bonds is 0. The van der Waals surface area contributed by atoms with Gasteiger partial charge in [0.25, 0.3) is 11.1 Å². The summed E-state index contributed by atoms with van der Waals surface area (Å²) in [6.45, 7) is 8.77. The summed E-state index contributed by atoms with van der Waals surface area (Å²) in [4.78, 5) is 36.8. The molecule has 2 N–H and O–H groups in total. The number of nitrogens with one attached hydrogen (secondary N) is 2. The summed E-state index contributed by atoms with van der Waals surface area (Å²) in [5.74, 6) is 0. The van der Waals surface area contributed by atoms with Gasteiger partial charge in [-0.25, -0.2) is 9.98 Å². The summed E-state index contributed by atoms with van der Waals surface area (Å²) < 4.78 is 3.59. The first kappa shape index (κ1) is 17.9. The minimum absolute atomic E-state index is 0.165. The summed E-state index contributed by atoms with van der Waals surface area (Å²) in [5.41, 5.74) is 4.89. The smallest absolute Gasteiger partial charge is 0.274 e. The first-order valence-corrected chi connectivity index (χ1v) is 9.40. The number of hydrogen-bond donors (Lipinski definition) is 2. The van der Waals surface area contributed by atoms with Gasteiger partial charge < -0.3 is 9.13 Å². The van der Waals surface area contributed by atoms with Gasteiger partial charge in [-0.1, -0.05) is 49.6 Å². The van der Waals surface area contributed by atoms with Crippen molar-refractivity contribution in [3.63, 3.8) is 0 Å². The monoisotopic (exact) mass is 398 g/mol. The van der Waals surface area contributed by atoms with Crippen molar-refractivity contribution in [3.8, 4) is 0 Å². The highest BCUT2D eigenvalue weighted by Crippen LogP contribution is 2.20. The van der Waals surface area contributed by atoms with Crippen LogP contribution in [0, 0.1) is 0 Å². The molecular weight excluding hydrogens is 380 g/mol. The molecule has 0 fully saturated rings. The highest BCUT2D eigenvalue weighted by atomic mass is 16.1. The molecule has 0 spiro atoms. The van der Waals surface area contributed by atoms with E-state index in [2.05, 4.69) is 33.1 Å². The zero-order chi connectivity index (χ0) is 20.8. The maximum absolute atomic E-state index is 11.4. The Bertz CT molecular complexity index is 1510. The second-order valence-electron chi connectivity index (χ2n) is 7.10. The van der Waals surface area contributed by atoms with Gasteiger partial charge in [0, 0.05) is 0 Å². The molecule has 2 aliphatic heterocycles. The van der Waals surface area contributed by atoms with Gasteiger partial charge in [-0.3, -0.25) is 19.6 Å². The molecule has 2 aromatic heterocycles. The first-order valence-electron chi connectivity index (χ1n) is 9.40. The molecule has 4 heterocycles. The molecule has 8 nitrogen and oxygen atoms in total. The van der Waals surface area contributed by atoms with Gasteiger partial charge in [-0.2, -0.15) is 0 Å². The quantitative estimate of drug-likeness (QED) is 0.370. The standard InChI is InChI=1S/2C11H9N3O/c2*1-7-10(15)13-11-12-9-5-3-2-4-8(9)6-14(7)11/h2*2-5H,1,6H2,(H,12,13,15). The maximum atomic E-state index is 11.4. The Morgan fingerprint density at radius 1 is 0.700 bits per heavy atom. The highest BCUT2D eigenvalue weighted by Gasteiger charge is 2.12. The van der Waals surface area contributed by atoms with E-state index in [1.54, 1.807) is 9.13 Å². The molecule has 0 amide bonds. The van der Waals surface area contributed by atoms with E-state index in [-0.39, 0.29) is 11.1 Å². The fourth-order valence-electron chi connectivity index (χ4n) is 3.58. The van der Waals surface area contributed by atoms with Crippen LogP contribution in [0.2, 0.25) is 0 Å². The van der Waals surface area contributed by atoms with Crippen molar-refractivity contribution < 1.29 is 0 Å². The Morgan fingerprint density at radius 2 is 1.10 bits per heavy atom. The Labute approximate surface area is 169 Å². The minimum Gasteiger partial charge on any atom is -0.303 e. The SMILES string of the molecule is C=c1c(=O)[nH]c2n1Cc1ccccc1N=2.C=c1c(=O)[nH]c2n1Cc1ccccc1N=2. The molecule has 2 aromatic carbocycles. The Balaban J connectivity index is 0.000000128. The number of imidazole rings is 2. The molecule has 148 valence electrons. The number of H-pyrrole nitrogens is 2. The van der Waals surface area contributed by atoms with Gasteiger partial charge in [-0.15, -0.1) is 0 Å². The highest BCUT2D eigenvalue weighted by molar-refractivity contribution is 5.47. The number of fused-ring (bicyclic) bond motifs is 4. The zero-order valence-electron chi connectivity index (χ0n) is 16.1. The molecule has 0 radical (unpaired) electrons. The molecule has 2 aliphatic rings. The van der Waals surface area contributed by atoms with E-state index in [0.29, 0.717) is 35.0 Å². The van der Waals surface area contributed by atoms with Crippen LogP contribution in [-0.2, 0) is 13.1 Å². The molecule has 30 heavy (non-hydrogen) atoms. The van der Waals surface area contributed by atoms with Gasteiger partial charge in [0.15, 0.2) is 0 Å². The third-order valence-corrected chi connectivity index (χ3v) is 5.23. The number of nitrogens with zero attached hydrogens (tertiary/aromatic N) is 4. The van der Waals surface area contributed by atoms with Crippen LogP contribution in [0.25, 0.3) is 13.2 Å². The largest absolute Gasteiger partial charge is 0.303 e. The minimum atomic E-state index is -0.165. The van der Waals surface area contributed by atoms with Crippen LogP contribution in [0.1, 0.15) is 11.1 Å². The second kappa shape index (κ2) is 6.70.